The van der Waals surface area contributed by atoms with Gasteiger partial charge in [-0.1, -0.05) is 30.3 Å². The first-order valence-corrected chi connectivity index (χ1v) is 3.25. The molecule has 0 unspecified atom stereocenters. The molecule has 0 bridgehead atoms. The van der Waals surface area contributed by atoms with Crippen LogP contribution in [0.4, 0.5) is 0 Å². The van der Waals surface area contributed by atoms with Crippen molar-refractivity contribution in [1.82, 2.24) is 0 Å². The summed E-state index contributed by atoms with van der Waals surface area (Å²) in [6.45, 7) is 0. The first-order chi connectivity index (χ1) is 5.29. The van der Waals surface area contributed by atoms with Gasteiger partial charge in [-0.3, -0.25) is 0 Å². The summed E-state index contributed by atoms with van der Waals surface area (Å²) in [6.07, 6.45) is 2.68. The average molecular weight is 225 g/mol. The second-order valence-electron chi connectivity index (χ2n) is 2.08. The predicted octanol–water partition coefficient (Wildman–Crippen LogP) is 0.333. The summed E-state index contributed by atoms with van der Waals surface area (Å²) in [6, 6.07) is 9.31. The molecule has 0 aliphatic rings. The predicted molar refractivity (Wildman–Crippen MR) is 54.4 cm³/mol. The maximum atomic E-state index is 10.1. The Morgan fingerprint density at radius 2 is 1.83 bits per heavy atom. The molecule has 0 atom stereocenters. The number of benzene rings is 1. The van der Waals surface area contributed by atoms with E-state index >= 15 is 0 Å². The molecule has 1 aromatic rings. The van der Waals surface area contributed by atoms with E-state index < -0.39 is 5.97 Å². The van der Waals surface area contributed by atoms with E-state index in [4.69, 9.17) is 5.11 Å². The number of hydrogen-bond donors (Lipinski definition) is 1. The number of carbonyl (C=O) groups is 1. The normalized spacial score (nSPS) is 9.33. The minimum absolute atomic E-state index is 0. The SMILES string of the molecule is O=C(O)C=Cc1ccccc1.[GeH4]. The molecule has 0 aromatic heterocycles. The zero-order valence-corrected chi connectivity index (χ0v) is 5.90. The molecule has 1 N–H and O–H groups in total. The van der Waals surface area contributed by atoms with E-state index in [0.717, 1.165) is 11.6 Å². The van der Waals surface area contributed by atoms with Crippen LogP contribution in [0.3, 0.4) is 0 Å². The zero-order chi connectivity index (χ0) is 8.10. The molecule has 1 aromatic carbocycles. The van der Waals surface area contributed by atoms with E-state index in [-0.39, 0.29) is 17.6 Å². The summed E-state index contributed by atoms with van der Waals surface area (Å²) < 4.78 is 0. The average Bonchev–Trinajstić information content (AvgIpc) is 2.03. The van der Waals surface area contributed by atoms with E-state index in [1.54, 1.807) is 6.08 Å². The Morgan fingerprint density at radius 3 is 2.33 bits per heavy atom. The Morgan fingerprint density at radius 1 is 1.25 bits per heavy atom. The van der Waals surface area contributed by atoms with Crippen LogP contribution in [0.15, 0.2) is 36.4 Å². The van der Waals surface area contributed by atoms with Gasteiger partial charge in [-0.2, -0.15) is 0 Å². The molecule has 0 radical (unpaired) electrons. The number of hydrogen-bond acceptors (Lipinski definition) is 1. The Kier molecular flexibility index (Phi) is 5.12. The van der Waals surface area contributed by atoms with Crippen LogP contribution in [0, 0.1) is 0 Å². The number of carboxylic acids is 1. The van der Waals surface area contributed by atoms with Crippen LogP contribution < -0.4 is 0 Å². The molecule has 0 aliphatic heterocycles. The molecule has 12 heavy (non-hydrogen) atoms. The quantitative estimate of drug-likeness (QED) is 0.581. The summed E-state index contributed by atoms with van der Waals surface area (Å²) in [5.74, 6) is -0.922. The molecule has 0 spiro atoms. The summed E-state index contributed by atoms with van der Waals surface area (Å²) in [7, 11) is 0. The van der Waals surface area contributed by atoms with Crippen LogP contribution >= 0.6 is 0 Å². The van der Waals surface area contributed by atoms with Gasteiger partial charge in [0.25, 0.3) is 0 Å². The molecule has 64 valence electrons. The first-order valence-electron chi connectivity index (χ1n) is 3.25. The summed E-state index contributed by atoms with van der Waals surface area (Å²) in [5, 5.41) is 8.29. The van der Waals surface area contributed by atoms with Gasteiger partial charge in [0.05, 0.1) is 0 Å². The van der Waals surface area contributed by atoms with Gasteiger partial charge < -0.3 is 5.11 Å². The number of aliphatic carboxylic acids is 1. The molecule has 0 saturated carbocycles. The molecule has 2 nitrogen and oxygen atoms in total. The maximum absolute atomic E-state index is 10.1. The Hall–Kier alpha value is -1.03. The zero-order valence-electron chi connectivity index (χ0n) is 5.90. The summed E-state index contributed by atoms with van der Waals surface area (Å²) >= 11 is 0. The van der Waals surface area contributed by atoms with E-state index in [1.165, 1.54) is 0 Å². The Bertz CT molecular complexity index is 267. The van der Waals surface area contributed by atoms with Gasteiger partial charge in [0.1, 0.15) is 0 Å². The van der Waals surface area contributed by atoms with Crippen molar-refractivity contribution in [1.29, 1.82) is 0 Å². The van der Waals surface area contributed by atoms with Gasteiger partial charge in [0.15, 0.2) is 0 Å². The van der Waals surface area contributed by atoms with Crippen LogP contribution in [0.1, 0.15) is 5.56 Å². The van der Waals surface area contributed by atoms with Gasteiger partial charge in [0.2, 0.25) is 0 Å². The fourth-order valence-corrected chi connectivity index (χ4v) is 0.732. The second-order valence-corrected chi connectivity index (χ2v) is 2.08. The van der Waals surface area contributed by atoms with Crippen LogP contribution in [0.2, 0.25) is 0 Å². The Labute approximate surface area is 81.9 Å². The van der Waals surface area contributed by atoms with Crippen molar-refractivity contribution < 1.29 is 9.90 Å². The summed E-state index contributed by atoms with van der Waals surface area (Å²) in [4.78, 5) is 10.1. The van der Waals surface area contributed by atoms with Crippen molar-refractivity contribution in [2.45, 2.75) is 0 Å². The third-order valence-corrected chi connectivity index (χ3v) is 1.22. The van der Waals surface area contributed by atoms with Gasteiger partial charge in [0, 0.05) is 6.08 Å². The van der Waals surface area contributed by atoms with Gasteiger partial charge in [-0.05, 0) is 11.6 Å². The molecular weight excluding hydrogens is 213 g/mol. The molecular formula is C9H12GeO2. The third-order valence-electron chi connectivity index (χ3n) is 1.22. The van der Waals surface area contributed by atoms with Crippen molar-refractivity contribution >= 4 is 29.6 Å². The van der Waals surface area contributed by atoms with Gasteiger partial charge in [-0.25, -0.2) is 4.79 Å². The van der Waals surface area contributed by atoms with E-state index in [1.807, 2.05) is 30.3 Å². The molecule has 0 amide bonds. The van der Waals surface area contributed by atoms with Gasteiger partial charge in [-0.15, -0.1) is 0 Å². The molecule has 0 fully saturated rings. The molecule has 3 heteroatoms. The van der Waals surface area contributed by atoms with Crippen molar-refractivity contribution in [3.63, 3.8) is 0 Å². The second kappa shape index (κ2) is 5.60. The van der Waals surface area contributed by atoms with E-state index in [9.17, 15) is 4.79 Å². The third kappa shape index (κ3) is 3.98. The topological polar surface area (TPSA) is 37.3 Å². The monoisotopic (exact) mass is 226 g/mol. The molecule has 0 heterocycles. The van der Waals surface area contributed by atoms with Crippen molar-refractivity contribution in [2.24, 2.45) is 0 Å². The minimum atomic E-state index is -0.922. The molecule has 0 aliphatic carbocycles. The molecule has 1 rings (SSSR count). The first kappa shape index (κ1) is 11.0. The van der Waals surface area contributed by atoms with Crippen molar-refractivity contribution in [3.8, 4) is 0 Å². The number of rotatable bonds is 2. The van der Waals surface area contributed by atoms with E-state index in [2.05, 4.69) is 0 Å². The van der Waals surface area contributed by atoms with Crippen molar-refractivity contribution in [3.05, 3.63) is 42.0 Å². The van der Waals surface area contributed by atoms with Gasteiger partial charge >= 0.3 is 23.6 Å². The van der Waals surface area contributed by atoms with Crippen LogP contribution in [-0.2, 0) is 4.79 Å². The van der Waals surface area contributed by atoms with Crippen LogP contribution in [0.25, 0.3) is 6.08 Å². The molecule has 0 saturated heterocycles. The fourth-order valence-electron chi connectivity index (χ4n) is 0.732. The number of carboxylic acid groups (broad SMARTS) is 1. The van der Waals surface area contributed by atoms with Crippen molar-refractivity contribution in [2.75, 3.05) is 0 Å². The van der Waals surface area contributed by atoms with Crippen LogP contribution in [-0.4, -0.2) is 28.7 Å². The van der Waals surface area contributed by atoms with Crippen LogP contribution in [0.5, 0.6) is 0 Å². The Balaban J connectivity index is 0.00000121. The van der Waals surface area contributed by atoms with E-state index in [0.29, 0.717) is 0 Å². The standard InChI is InChI=1S/C9H8O2.GeH4/c10-9(11)7-6-8-4-2-1-3-5-8;/h1-7H,(H,10,11);1H4. The fraction of sp³-hybridized carbons (Fsp3) is 0. The summed E-state index contributed by atoms with van der Waals surface area (Å²) in [5.41, 5.74) is 0.898.